The number of benzene rings is 2. The predicted molar refractivity (Wildman–Crippen MR) is 204 cm³/mol. The number of likely N-dealkylation sites (N-methyl/N-ethyl adjacent to an activating group) is 1. The lowest BCUT2D eigenvalue weighted by Gasteiger charge is -2.26. The molecule has 0 bridgehead atoms. The number of aliphatic hydroxyl groups excluding tert-OH is 1. The molecular formula is C40H53N5O5S. The molecule has 2 heterocycles. The molecule has 2 aromatic heterocycles. The Kier molecular flexibility index (Phi) is 14.7. The Morgan fingerprint density at radius 3 is 2.08 bits per heavy atom. The van der Waals surface area contributed by atoms with Crippen molar-refractivity contribution in [1.29, 1.82) is 0 Å². The van der Waals surface area contributed by atoms with Crippen molar-refractivity contribution in [2.45, 2.75) is 90.0 Å². The van der Waals surface area contributed by atoms with E-state index in [2.05, 4.69) is 48.3 Å². The van der Waals surface area contributed by atoms with Crippen LogP contribution in [0.3, 0.4) is 0 Å². The Morgan fingerprint density at radius 2 is 1.49 bits per heavy atom. The first-order valence-electron chi connectivity index (χ1n) is 17.7. The molecule has 0 aliphatic carbocycles. The summed E-state index contributed by atoms with van der Waals surface area (Å²) in [5.41, 5.74) is 3.38. The average Bonchev–Trinajstić information content (AvgIpc) is 3.62. The summed E-state index contributed by atoms with van der Waals surface area (Å²) in [6.45, 7) is 9.38. The molecule has 2 atom stereocenters. The van der Waals surface area contributed by atoms with Crippen molar-refractivity contribution < 1.29 is 24.5 Å². The summed E-state index contributed by atoms with van der Waals surface area (Å²) < 4.78 is 5.90. The van der Waals surface area contributed by atoms with Crippen LogP contribution in [0.5, 0.6) is 5.75 Å². The fraction of sp³-hybridized carbons (Fsp3) is 0.450. The zero-order valence-electron chi connectivity index (χ0n) is 30.7. The number of amides is 2. The SMILES string of the molecule is CCCCCCCOc1ccc(-c2cnc(-c3ccc(CC(NC(=O)c4ccc(C(C)(C)C)s4)C(=O)NC(CN(C)C)C(O)O)cc3)nc2)cc1. The van der Waals surface area contributed by atoms with Crippen molar-refractivity contribution in [3.8, 4) is 28.3 Å². The van der Waals surface area contributed by atoms with Crippen LogP contribution >= 0.6 is 11.3 Å². The quantitative estimate of drug-likeness (QED) is 0.0705. The molecule has 0 fully saturated rings. The number of aromatic nitrogens is 2. The van der Waals surface area contributed by atoms with Crippen LogP contribution in [0.4, 0.5) is 0 Å². The van der Waals surface area contributed by atoms with E-state index >= 15 is 0 Å². The van der Waals surface area contributed by atoms with Crippen molar-refractivity contribution >= 4 is 23.2 Å². The molecule has 4 aromatic rings. The molecule has 2 aromatic carbocycles. The summed E-state index contributed by atoms with van der Waals surface area (Å²) >= 11 is 1.39. The lowest BCUT2D eigenvalue weighted by molar-refractivity contribution is -0.129. The molecule has 4 N–H and O–H groups in total. The predicted octanol–water partition coefficient (Wildman–Crippen LogP) is 6.22. The van der Waals surface area contributed by atoms with E-state index in [4.69, 9.17) is 4.74 Å². The van der Waals surface area contributed by atoms with Gasteiger partial charge >= 0.3 is 0 Å². The first kappa shape index (κ1) is 39.6. The van der Waals surface area contributed by atoms with Gasteiger partial charge in [0, 0.05) is 41.4 Å². The van der Waals surface area contributed by atoms with Gasteiger partial charge in [-0.1, -0.05) is 89.8 Å². The van der Waals surface area contributed by atoms with E-state index in [1.807, 2.05) is 54.6 Å². The highest BCUT2D eigenvalue weighted by molar-refractivity contribution is 7.14. The maximum atomic E-state index is 13.5. The second kappa shape index (κ2) is 18.9. The molecule has 0 saturated heterocycles. The number of rotatable bonds is 18. The van der Waals surface area contributed by atoms with Crippen LogP contribution in [0.1, 0.15) is 79.9 Å². The van der Waals surface area contributed by atoms with Gasteiger partial charge in [0.2, 0.25) is 5.91 Å². The van der Waals surface area contributed by atoms with Crippen molar-refractivity contribution in [3.05, 3.63) is 88.4 Å². The van der Waals surface area contributed by atoms with Gasteiger partial charge in [0.1, 0.15) is 11.8 Å². The summed E-state index contributed by atoms with van der Waals surface area (Å²) in [5, 5.41) is 25.4. The molecule has 2 amide bonds. The van der Waals surface area contributed by atoms with Gasteiger partial charge in [-0.2, -0.15) is 0 Å². The fourth-order valence-corrected chi connectivity index (χ4v) is 6.45. The topological polar surface area (TPSA) is 137 Å². The Hall–Kier alpha value is -4.16. The zero-order valence-corrected chi connectivity index (χ0v) is 31.5. The largest absolute Gasteiger partial charge is 0.494 e. The summed E-state index contributed by atoms with van der Waals surface area (Å²) in [7, 11) is 3.54. The molecule has 0 radical (unpaired) electrons. The van der Waals surface area contributed by atoms with Crippen LogP contribution in [0.15, 0.2) is 73.1 Å². The van der Waals surface area contributed by atoms with Crippen molar-refractivity contribution in [1.82, 2.24) is 25.5 Å². The smallest absolute Gasteiger partial charge is 0.262 e. The van der Waals surface area contributed by atoms with Gasteiger partial charge < -0.3 is 30.5 Å². The molecule has 2 unspecified atom stereocenters. The minimum absolute atomic E-state index is 0.115. The first-order valence-corrected chi connectivity index (χ1v) is 18.5. The summed E-state index contributed by atoms with van der Waals surface area (Å²) in [6, 6.07) is 17.3. The van der Waals surface area contributed by atoms with Crippen molar-refractivity contribution in [2.24, 2.45) is 0 Å². The van der Waals surface area contributed by atoms with Crippen LogP contribution in [-0.4, -0.2) is 82.5 Å². The molecular weight excluding hydrogens is 663 g/mol. The molecule has 10 nitrogen and oxygen atoms in total. The van der Waals surface area contributed by atoms with E-state index in [1.54, 1.807) is 37.5 Å². The maximum absolute atomic E-state index is 13.5. The minimum atomic E-state index is -1.77. The van der Waals surface area contributed by atoms with E-state index in [9.17, 15) is 19.8 Å². The summed E-state index contributed by atoms with van der Waals surface area (Å²) in [4.78, 5) is 39.4. The first-order chi connectivity index (χ1) is 24.3. The lowest BCUT2D eigenvalue weighted by Crippen LogP contribution is -2.55. The second-order valence-electron chi connectivity index (χ2n) is 14.2. The Morgan fingerprint density at radius 1 is 0.843 bits per heavy atom. The van der Waals surface area contributed by atoms with Gasteiger partial charge in [-0.15, -0.1) is 11.3 Å². The number of ether oxygens (including phenoxy) is 1. The van der Waals surface area contributed by atoms with Crippen LogP contribution < -0.4 is 15.4 Å². The third-order valence-corrected chi connectivity index (χ3v) is 9.96. The Balaban J connectivity index is 1.43. The lowest BCUT2D eigenvalue weighted by atomic mass is 9.95. The molecule has 11 heteroatoms. The van der Waals surface area contributed by atoms with E-state index in [-0.39, 0.29) is 24.3 Å². The number of hydrogen-bond donors (Lipinski definition) is 4. The summed E-state index contributed by atoms with van der Waals surface area (Å²) in [6.07, 6.45) is 8.02. The van der Waals surface area contributed by atoms with Crippen LogP contribution in [0, 0.1) is 0 Å². The van der Waals surface area contributed by atoms with Gasteiger partial charge in [0.05, 0.1) is 17.5 Å². The van der Waals surface area contributed by atoms with Gasteiger partial charge in [-0.25, -0.2) is 9.97 Å². The number of carbonyl (C=O) groups is 2. The van der Waals surface area contributed by atoms with E-state index < -0.39 is 24.3 Å². The van der Waals surface area contributed by atoms with Crippen LogP contribution in [0.25, 0.3) is 22.5 Å². The molecule has 0 aliphatic heterocycles. The standard InChI is InChI=1S/C40H53N5O5S/c1-7-8-9-10-11-22-50-31-18-16-28(17-19-31)30-24-41-36(42-25-30)29-14-12-27(13-15-29)23-32(37(46)44-33(39(48)49)26-45(5)6)43-38(47)34-20-21-35(51-34)40(2,3)4/h12-21,24-25,32-33,39,48-49H,7-11,22-23,26H2,1-6H3,(H,43,47)(H,44,46). The van der Waals surface area contributed by atoms with E-state index in [0.29, 0.717) is 10.7 Å². The number of nitrogens with zero attached hydrogens (tertiary/aromatic N) is 3. The molecule has 274 valence electrons. The molecule has 51 heavy (non-hydrogen) atoms. The highest BCUT2D eigenvalue weighted by Gasteiger charge is 2.28. The van der Waals surface area contributed by atoms with Crippen molar-refractivity contribution in [3.63, 3.8) is 0 Å². The maximum Gasteiger partial charge on any atom is 0.262 e. The third kappa shape index (κ3) is 12.2. The highest BCUT2D eigenvalue weighted by Crippen LogP contribution is 2.29. The number of carbonyl (C=O) groups excluding carboxylic acids is 2. The number of hydrogen-bond acceptors (Lipinski definition) is 9. The zero-order chi connectivity index (χ0) is 37.0. The van der Waals surface area contributed by atoms with Gasteiger partial charge in [-0.05, 0) is 61.3 Å². The fourth-order valence-electron chi connectivity index (χ4n) is 5.48. The van der Waals surface area contributed by atoms with Gasteiger partial charge in [0.15, 0.2) is 12.1 Å². The number of unbranched alkanes of at least 4 members (excludes halogenated alkanes) is 4. The second-order valence-corrected chi connectivity index (χ2v) is 15.3. The van der Waals surface area contributed by atoms with E-state index in [0.717, 1.165) is 45.9 Å². The third-order valence-electron chi connectivity index (χ3n) is 8.45. The average molecular weight is 716 g/mol. The normalized spacial score (nSPS) is 12.9. The minimum Gasteiger partial charge on any atom is -0.494 e. The number of nitrogens with one attached hydrogen (secondary N) is 2. The number of aliphatic hydroxyl groups is 2. The monoisotopic (exact) mass is 715 g/mol. The molecule has 0 saturated carbocycles. The Bertz CT molecular complexity index is 1670. The van der Waals surface area contributed by atoms with Crippen LogP contribution in [-0.2, 0) is 16.6 Å². The number of thiophene rings is 1. The molecule has 0 spiro atoms. The Labute approximate surface area is 306 Å². The van der Waals surface area contributed by atoms with Gasteiger partial charge in [0.25, 0.3) is 5.91 Å². The van der Waals surface area contributed by atoms with E-state index in [1.165, 1.54) is 37.0 Å². The van der Waals surface area contributed by atoms with Crippen LogP contribution in [0.2, 0.25) is 0 Å². The molecule has 4 rings (SSSR count). The molecule has 0 aliphatic rings. The summed E-state index contributed by atoms with van der Waals surface area (Å²) in [5.74, 6) is 0.536. The highest BCUT2D eigenvalue weighted by atomic mass is 32.1. The van der Waals surface area contributed by atoms with Crippen molar-refractivity contribution in [2.75, 3.05) is 27.2 Å². The van der Waals surface area contributed by atoms with Gasteiger partial charge in [-0.3, -0.25) is 9.59 Å².